The molecule has 1 atom stereocenters. The fourth-order valence-corrected chi connectivity index (χ4v) is 2.12. The van der Waals surface area contributed by atoms with Crippen LogP contribution in [0.4, 0.5) is 5.69 Å². The molecule has 0 spiro atoms. The van der Waals surface area contributed by atoms with Crippen molar-refractivity contribution in [3.05, 3.63) is 28.7 Å². The Morgan fingerprint density at radius 2 is 2.06 bits per heavy atom. The number of para-hydroxylation sites is 1. The summed E-state index contributed by atoms with van der Waals surface area (Å²) in [7, 11) is 0. The standard InChI is InChI=1S/C14H19BrN2/c1-3-4-7-10-14(2,11-16)17-13-9-6-5-8-12(13)15/h5-6,8-9,17H,3-4,7,10H2,1-2H3. The summed E-state index contributed by atoms with van der Waals surface area (Å²) in [5.41, 5.74) is 0.493. The minimum Gasteiger partial charge on any atom is -0.367 e. The minimum absolute atomic E-state index is 0.487. The van der Waals surface area contributed by atoms with Crippen LogP contribution < -0.4 is 5.32 Å². The predicted octanol–water partition coefficient (Wildman–Crippen LogP) is 4.72. The van der Waals surface area contributed by atoms with Gasteiger partial charge < -0.3 is 5.32 Å². The third-order valence-electron chi connectivity index (χ3n) is 2.81. The first-order chi connectivity index (χ1) is 8.11. The van der Waals surface area contributed by atoms with E-state index in [4.69, 9.17) is 0 Å². The van der Waals surface area contributed by atoms with E-state index in [1.807, 2.05) is 31.2 Å². The lowest BCUT2D eigenvalue weighted by atomic mass is 9.95. The molecule has 0 saturated heterocycles. The topological polar surface area (TPSA) is 35.8 Å². The van der Waals surface area contributed by atoms with Gasteiger partial charge in [-0.1, -0.05) is 38.3 Å². The number of nitrogens with zero attached hydrogens (tertiary/aromatic N) is 1. The second kappa shape index (κ2) is 6.66. The van der Waals surface area contributed by atoms with E-state index in [0.29, 0.717) is 0 Å². The Bertz CT molecular complexity index is 397. The van der Waals surface area contributed by atoms with Crippen LogP contribution in [-0.2, 0) is 0 Å². The molecule has 1 N–H and O–H groups in total. The van der Waals surface area contributed by atoms with E-state index in [1.165, 1.54) is 12.8 Å². The van der Waals surface area contributed by atoms with Crippen LogP contribution in [0.1, 0.15) is 39.5 Å². The van der Waals surface area contributed by atoms with Gasteiger partial charge in [0.2, 0.25) is 0 Å². The summed E-state index contributed by atoms with van der Waals surface area (Å²) < 4.78 is 0.997. The average molecular weight is 295 g/mol. The van der Waals surface area contributed by atoms with Crippen molar-refractivity contribution in [2.45, 2.75) is 45.1 Å². The first-order valence-corrected chi connectivity index (χ1v) is 6.84. The third kappa shape index (κ3) is 4.40. The maximum Gasteiger partial charge on any atom is 0.122 e. The molecule has 1 aromatic carbocycles. The van der Waals surface area contributed by atoms with Crippen LogP contribution in [0.15, 0.2) is 28.7 Å². The van der Waals surface area contributed by atoms with Crippen molar-refractivity contribution in [1.29, 1.82) is 5.26 Å². The average Bonchev–Trinajstić information content (AvgIpc) is 2.33. The number of hydrogen-bond donors (Lipinski definition) is 1. The lowest BCUT2D eigenvalue weighted by Gasteiger charge is -2.25. The molecule has 1 aromatic rings. The predicted molar refractivity (Wildman–Crippen MR) is 75.9 cm³/mol. The summed E-state index contributed by atoms with van der Waals surface area (Å²) in [5.74, 6) is 0. The molecule has 17 heavy (non-hydrogen) atoms. The zero-order chi connectivity index (χ0) is 12.7. The van der Waals surface area contributed by atoms with Gasteiger partial charge >= 0.3 is 0 Å². The Labute approximate surface area is 112 Å². The van der Waals surface area contributed by atoms with Crippen molar-refractivity contribution in [2.75, 3.05) is 5.32 Å². The molecule has 0 aliphatic rings. The van der Waals surface area contributed by atoms with E-state index in [9.17, 15) is 5.26 Å². The zero-order valence-electron chi connectivity index (χ0n) is 10.5. The fourth-order valence-electron chi connectivity index (χ4n) is 1.73. The van der Waals surface area contributed by atoms with Crippen LogP contribution in [0.5, 0.6) is 0 Å². The van der Waals surface area contributed by atoms with Crippen LogP contribution in [0.2, 0.25) is 0 Å². The summed E-state index contributed by atoms with van der Waals surface area (Å²) in [6, 6.07) is 10.3. The summed E-state index contributed by atoms with van der Waals surface area (Å²) in [5, 5.41) is 12.6. The van der Waals surface area contributed by atoms with Gasteiger partial charge in [-0.15, -0.1) is 0 Å². The Morgan fingerprint density at radius 1 is 1.35 bits per heavy atom. The number of unbranched alkanes of at least 4 members (excludes halogenated alkanes) is 2. The van der Waals surface area contributed by atoms with Crippen LogP contribution in [-0.4, -0.2) is 5.54 Å². The molecular weight excluding hydrogens is 276 g/mol. The van der Waals surface area contributed by atoms with E-state index < -0.39 is 5.54 Å². The zero-order valence-corrected chi connectivity index (χ0v) is 12.0. The molecule has 0 amide bonds. The van der Waals surface area contributed by atoms with Crippen molar-refractivity contribution in [3.63, 3.8) is 0 Å². The van der Waals surface area contributed by atoms with Gasteiger partial charge in [-0.25, -0.2) is 0 Å². The van der Waals surface area contributed by atoms with E-state index in [1.54, 1.807) is 0 Å². The van der Waals surface area contributed by atoms with Crippen molar-refractivity contribution in [3.8, 4) is 6.07 Å². The second-order valence-electron chi connectivity index (χ2n) is 4.51. The number of halogens is 1. The highest BCUT2D eigenvalue weighted by molar-refractivity contribution is 9.10. The minimum atomic E-state index is -0.487. The molecule has 0 fully saturated rings. The van der Waals surface area contributed by atoms with Crippen LogP contribution in [0.25, 0.3) is 0 Å². The Balaban J connectivity index is 2.69. The molecule has 1 rings (SSSR count). The van der Waals surface area contributed by atoms with E-state index in [-0.39, 0.29) is 0 Å². The highest BCUT2D eigenvalue weighted by atomic mass is 79.9. The number of anilines is 1. The molecule has 0 heterocycles. The molecule has 0 bridgehead atoms. The van der Waals surface area contributed by atoms with Crippen LogP contribution in [0.3, 0.4) is 0 Å². The molecule has 92 valence electrons. The largest absolute Gasteiger partial charge is 0.367 e. The molecule has 0 saturated carbocycles. The van der Waals surface area contributed by atoms with Gasteiger partial charge in [-0.2, -0.15) is 5.26 Å². The van der Waals surface area contributed by atoms with Crippen molar-refractivity contribution >= 4 is 21.6 Å². The molecule has 0 aliphatic carbocycles. The Morgan fingerprint density at radius 3 is 2.65 bits per heavy atom. The van der Waals surface area contributed by atoms with Gasteiger partial charge in [0.25, 0.3) is 0 Å². The summed E-state index contributed by atoms with van der Waals surface area (Å²) in [4.78, 5) is 0. The van der Waals surface area contributed by atoms with Crippen molar-refractivity contribution in [2.24, 2.45) is 0 Å². The van der Waals surface area contributed by atoms with E-state index >= 15 is 0 Å². The second-order valence-corrected chi connectivity index (χ2v) is 5.36. The first-order valence-electron chi connectivity index (χ1n) is 6.05. The highest BCUT2D eigenvalue weighted by Gasteiger charge is 2.23. The SMILES string of the molecule is CCCCCC(C)(C#N)Nc1ccccc1Br. The summed E-state index contributed by atoms with van der Waals surface area (Å²) in [6.07, 6.45) is 4.31. The maximum atomic E-state index is 9.31. The summed E-state index contributed by atoms with van der Waals surface area (Å²) in [6.45, 7) is 4.13. The molecule has 0 radical (unpaired) electrons. The molecule has 0 aliphatic heterocycles. The first kappa shape index (κ1) is 14.1. The van der Waals surface area contributed by atoms with Crippen LogP contribution in [0, 0.1) is 11.3 Å². The van der Waals surface area contributed by atoms with Gasteiger partial charge in [0.05, 0.1) is 6.07 Å². The third-order valence-corrected chi connectivity index (χ3v) is 3.50. The smallest absolute Gasteiger partial charge is 0.122 e. The van der Waals surface area contributed by atoms with Gasteiger partial charge in [-0.05, 0) is 41.4 Å². The Hall–Kier alpha value is -1.01. The normalized spacial score (nSPS) is 13.8. The van der Waals surface area contributed by atoms with Gasteiger partial charge in [-0.3, -0.25) is 0 Å². The van der Waals surface area contributed by atoms with Gasteiger partial charge in [0, 0.05) is 10.2 Å². The molecule has 1 unspecified atom stereocenters. The molecule has 2 nitrogen and oxygen atoms in total. The molecule has 0 aromatic heterocycles. The van der Waals surface area contributed by atoms with Gasteiger partial charge in [0.1, 0.15) is 5.54 Å². The number of nitrogens with one attached hydrogen (secondary N) is 1. The lowest BCUT2D eigenvalue weighted by molar-refractivity contribution is 0.538. The van der Waals surface area contributed by atoms with Crippen LogP contribution >= 0.6 is 15.9 Å². The maximum absolute atomic E-state index is 9.31. The number of rotatable bonds is 6. The lowest BCUT2D eigenvalue weighted by Crippen LogP contribution is -2.32. The Kier molecular flexibility index (Phi) is 5.50. The van der Waals surface area contributed by atoms with E-state index in [2.05, 4.69) is 34.2 Å². The number of nitriles is 1. The molecule has 3 heteroatoms. The van der Waals surface area contributed by atoms with Gasteiger partial charge in [0.15, 0.2) is 0 Å². The van der Waals surface area contributed by atoms with Crippen molar-refractivity contribution < 1.29 is 0 Å². The van der Waals surface area contributed by atoms with E-state index in [0.717, 1.165) is 23.0 Å². The number of hydrogen-bond acceptors (Lipinski definition) is 2. The van der Waals surface area contributed by atoms with Crippen molar-refractivity contribution in [1.82, 2.24) is 0 Å². The quantitative estimate of drug-likeness (QED) is 0.770. The fraction of sp³-hybridized carbons (Fsp3) is 0.500. The molecular formula is C14H19BrN2. The number of benzene rings is 1. The monoisotopic (exact) mass is 294 g/mol. The summed E-state index contributed by atoms with van der Waals surface area (Å²) >= 11 is 3.49. The highest BCUT2D eigenvalue weighted by Crippen LogP contribution is 2.27.